The fraction of sp³-hybridized carbons (Fsp3) is 0.136. The van der Waals surface area contributed by atoms with Crippen molar-refractivity contribution >= 4 is 50.2 Å². The number of aromatic nitrogens is 3. The van der Waals surface area contributed by atoms with Gasteiger partial charge in [-0.2, -0.15) is 4.80 Å². The molecule has 4 aromatic rings. The fourth-order valence-corrected chi connectivity index (χ4v) is 3.59. The molecule has 0 spiro atoms. The highest BCUT2D eigenvalue weighted by Gasteiger charge is 2.14. The number of fused-ring (bicyclic) bond motifs is 1. The number of ether oxygens (including phenoxy) is 1. The molecule has 4 rings (SSSR count). The number of hydrogen-bond acceptors (Lipinski definition) is 4. The molecule has 8 heteroatoms. The van der Waals surface area contributed by atoms with Crippen LogP contribution in [0.3, 0.4) is 0 Å². The van der Waals surface area contributed by atoms with Gasteiger partial charge in [-0.3, -0.25) is 4.79 Å². The minimum atomic E-state index is -0.289. The van der Waals surface area contributed by atoms with Crippen LogP contribution < -0.4 is 10.1 Å². The van der Waals surface area contributed by atoms with Gasteiger partial charge < -0.3 is 10.1 Å². The van der Waals surface area contributed by atoms with Crippen LogP contribution in [0.2, 0.25) is 5.02 Å². The second-order valence-electron chi connectivity index (χ2n) is 6.65. The molecular formula is C22H18BrClN4O2. The highest BCUT2D eigenvalue weighted by atomic mass is 79.9. The lowest BCUT2D eigenvalue weighted by Gasteiger charge is -2.09. The van der Waals surface area contributed by atoms with Gasteiger partial charge in [0.2, 0.25) is 0 Å². The number of nitrogens with one attached hydrogen (secondary N) is 1. The zero-order valence-electron chi connectivity index (χ0n) is 16.3. The van der Waals surface area contributed by atoms with E-state index in [0.29, 0.717) is 28.4 Å². The third-order valence-electron chi connectivity index (χ3n) is 4.53. The lowest BCUT2D eigenvalue weighted by atomic mass is 10.1. The number of rotatable bonds is 5. The van der Waals surface area contributed by atoms with Gasteiger partial charge in [0.25, 0.3) is 5.91 Å². The summed E-state index contributed by atoms with van der Waals surface area (Å²) in [6.07, 6.45) is 0. The van der Waals surface area contributed by atoms with Gasteiger partial charge in [-0.05, 0) is 74.0 Å². The quantitative estimate of drug-likeness (QED) is 0.388. The van der Waals surface area contributed by atoms with Crippen molar-refractivity contribution in [2.45, 2.75) is 13.8 Å². The van der Waals surface area contributed by atoms with Gasteiger partial charge in [-0.15, -0.1) is 10.2 Å². The molecule has 3 aromatic carbocycles. The standard InChI is InChI=1S/C22H18BrClN4O2/c1-3-30-16-7-5-15(6-8-16)28-26-20-10-13(2)19(12-21(20)27-28)25-22(29)17-11-14(23)4-9-18(17)24/h4-12H,3H2,1-2H3,(H,25,29). The van der Waals surface area contributed by atoms with Crippen molar-refractivity contribution in [3.8, 4) is 11.4 Å². The van der Waals surface area contributed by atoms with E-state index in [1.165, 1.54) is 0 Å². The van der Waals surface area contributed by atoms with Gasteiger partial charge in [0, 0.05) is 10.2 Å². The second kappa shape index (κ2) is 8.45. The second-order valence-corrected chi connectivity index (χ2v) is 7.97. The Balaban J connectivity index is 1.63. The third-order valence-corrected chi connectivity index (χ3v) is 5.35. The van der Waals surface area contributed by atoms with Crippen molar-refractivity contribution in [2.24, 2.45) is 0 Å². The Morgan fingerprint density at radius 3 is 2.50 bits per heavy atom. The van der Waals surface area contributed by atoms with E-state index in [4.69, 9.17) is 16.3 Å². The number of aryl methyl sites for hydroxylation is 1. The molecule has 1 N–H and O–H groups in total. The van der Waals surface area contributed by atoms with Crippen molar-refractivity contribution in [1.82, 2.24) is 15.0 Å². The van der Waals surface area contributed by atoms with Gasteiger partial charge in [-0.25, -0.2) is 0 Å². The predicted molar refractivity (Wildman–Crippen MR) is 122 cm³/mol. The molecule has 6 nitrogen and oxygen atoms in total. The third kappa shape index (κ3) is 4.17. The first-order valence-corrected chi connectivity index (χ1v) is 10.5. The monoisotopic (exact) mass is 484 g/mol. The van der Waals surface area contributed by atoms with E-state index in [1.807, 2.05) is 50.2 Å². The minimum Gasteiger partial charge on any atom is -0.494 e. The maximum absolute atomic E-state index is 12.7. The van der Waals surface area contributed by atoms with Crippen LogP contribution in [0.25, 0.3) is 16.7 Å². The van der Waals surface area contributed by atoms with Crippen LogP contribution in [0.5, 0.6) is 5.75 Å². The van der Waals surface area contributed by atoms with Crippen LogP contribution >= 0.6 is 27.5 Å². The normalized spacial score (nSPS) is 10.9. The molecule has 1 heterocycles. The Morgan fingerprint density at radius 2 is 1.80 bits per heavy atom. The number of halogens is 2. The highest BCUT2D eigenvalue weighted by Crippen LogP contribution is 2.26. The largest absolute Gasteiger partial charge is 0.494 e. The summed E-state index contributed by atoms with van der Waals surface area (Å²) in [6.45, 7) is 4.47. The van der Waals surface area contributed by atoms with E-state index in [-0.39, 0.29) is 5.91 Å². The first-order chi connectivity index (χ1) is 14.4. The Morgan fingerprint density at radius 1 is 1.10 bits per heavy atom. The van der Waals surface area contributed by atoms with E-state index in [9.17, 15) is 4.79 Å². The molecule has 0 aliphatic rings. The number of anilines is 1. The van der Waals surface area contributed by atoms with Crippen LogP contribution in [-0.4, -0.2) is 27.5 Å². The lowest BCUT2D eigenvalue weighted by molar-refractivity contribution is 0.102. The van der Waals surface area contributed by atoms with Crippen LogP contribution in [-0.2, 0) is 0 Å². The van der Waals surface area contributed by atoms with E-state index >= 15 is 0 Å². The van der Waals surface area contributed by atoms with Gasteiger partial charge in [-0.1, -0.05) is 27.5 Å². The van der Waals surface area contributed by atoms with Crippen LogP contribution in [0, 0.1) is 6.92 Å². The zero-order chi connectivity index (χ0) is 21.3. The smallest absolute Gasteiger partial charge is 0.257 e. The van der Waals surface area contributed by atoms with Gasteiger partial charge >= 0.3 is 0 Å². The molecule has 0 unspecified atom stereocenters. The zero-order valence-corrected chi connectivity index (χ0v) is 18.7. The first-order valence-electron chi connectivity index (χ1n) is 9.32. The van der Waals surface area contributed by atoms with E-state index in [0.717, 1.165) is 27.0 Å². The fourth-order valence-electron chi connectivity index (χ4n) is 3.02. The van der Waals surface area contributed by atoms with E-state index in [1.54, 1.807) is 23.0 Å². The predicted octanol–water partition coefficient (Wildman–Crippen LogP) is 5.80. The molecular weight excluding hydrogens is 468 g/mol. The number of carbonyl (C=O) groups is 1. The van der Waals surface area contributed by atoms with Crippen molar-refractivity contribution in [2.75, 3.05) is 11.9 Å². The molecule has 1 amide bonds. The molecule has 1 aromatic heterocycles. The Kier molecular flexibility index (Phi) is 5.74. The van der Waals surface area contributed by atoms with Crippen molar-refractivity contribution in [3.05, 3.63) is 75.2 Å². The Hall–Kier alpha value is -2.90. The summed E-state index contributed by atoms with van der Waals surface area (Å²) in [4.78, 5) is 14.3. The summed E-state index contributed by atoms with van der Waals surface area (Å²) in [5, 5.41) is 12.4. The molecule has 30 heavy (non-hydrogen) atoms. The van der Waals surface area contributed by atoms with E-state index in [2.05, 4.69) is 31.4 Å². The highest BCUT2D eigenvalue weighted by molar-refractivity contribution is 9.10. The molecule has 0 atom stereocenters. The molecule has 0 saturated heterocycles. The molecule has 0 aliphatic heterocycles. The number of hydrogen-bond donors (Lipinski definition) is 1. The van der Waals surface area contributed by atoms with Crippen LogP contribution in [0.1, 0.15) is 22.8 Å². The van der Waals surface area contributed by atoms with Crippen LogP contribution in [0.4, 0.5) is 5.69 Å². The summed E-state index contributed by atoms with van der Waals surface area (Å²) >= 11 is 9.55. The molecule has 0 saturated carbocycles. The molecule has 0 aliphatic carbocycles. The van der Waals surface area contributed by atoms with Gasteiger partial charge in [0.05, 0.1) is 22.9 Å². The number of nitrogens with zero attached hydrogens (tertiary/aromatic N) is 3. The number of carbonyl (C=O) groups excluding carboxylic acids is 1. The number of amides is 1. The van der Waals surface area contributed by atoms with Crippen molar-refractivity contribution < 1.29 is 9.53 Å². The first kappa shape index (κ1) is 20.4. The van der Waals surface area contributed by atoms with Gasteiger partial charge in [0.1, 0.15) is 16.8 Å². The minimum absolute atomic E-state index is 0.289. The SMILES string of the molecule is CCOc1ccc(-n2nc3cc(C)c(NC(=O)c4cc(Br)ccc4Cl)cc3n2)cc1. The maximum Gasteiger partial charge on any atom is 0.257 e. The summed E-state index contributed by atoms with van der Waals surface area (Å²) in [7, 11) is 0. The average molecular weight is 486 g/mol. The Bertz CT molecular complexity index is 1240. The average Bonchev–Trinajstić information content (AvgIpc) is 3.13. The lowest BCUT2D eigenvalue weighted by Crippen LogP contribution is -2.13. The molecule has 0 radical (unpaired) electrons. The van der Waals surface area contributed by atoms with Gasteiger partial charge in [0.15, 0.2) is 0 Å². The van der Waals surface area contributed by atoms with Crippen LogP contribution in [0.15, 0.2) is 59.1 Å². The summed E-state index contributed by atoms with van der Waals surface area (Å²) in [5.74, 6) is 0.507. The molecule has 0 fully saturated rings. The van der Waals surface area contributed by atoms with Crippen molar-refractivity contribution in [3.63, 3.8) is 0 Å². The van der Waals surface area contributed by atoms with Crippen molar-refractivity contribution in [1.29, 1.82) is 0 Å². The summed E-state index contributed by atoms with van der Waals surface area (Å²) in [6, 6.07) is 16.4. The number of benzene rings is 3. The Labute approximate surface area is 186 Å². The molecule has 152 valence electrons. The summed E-state index contributed by atoms with van der Waals surface area (Å²) in [5.41, 5.74) is 4.15. The topological polar surface area (TPSA) is 69.0 Å². The molecule has 0 bridgehead atoms. The summed E-state index contributed by atoms with van der Waals surface area (Å²) < 4.78 is 6.25. The maximum atomic E-state index is 12.7. The van der Waals surface area contributed by atoms with E-state index < -0.39 is 0 Å².